The first kappa shape index (κ1) is 19.3. The number of pyridine rings is 1. The van der Waals surface area contributed by atoms with E-state index in [1.807, 2.05) is 36.4 Å². The van der Waals surface area contributed by atoms with Gasteiger partial charge in [-0.2, -0.15) is 0 Å². The number of aromatic amines is 1. The molecule has 8 heteroatoms. The zero-order valence-corrected chi connectivity index (χ0v) is 15.7. The summed E-state index contributed by atoms with van der Waals surface area (Å²) in [5, 5.41) is 5.62. The molecule has 0 saturated carbocycles. The van der Waals surface area contributed by atoms with E-state index in [-0.39, 0.29) is 23.9 Å². The Kier molecular flexibility index (Phi) is 6.21. The summed E-state index contributed by atoms with van der Waals surface area (Å²) in [7, 11) is 0. The topological polar surface area (TPSA) is 109 Å². The number of benzene rings is 1. The average Bonchev–Trinajstić information content (AvgIpc) is 3.04. The van der Waals surface area contributed by atoms with Gasteiger partial charge in [-0.3, -0.25) is 19.1 Å². The first-order valence-electron chi connectivity index (χ1n) is 9.21. The molecule has 0 aliphatic rings. The number of hydrogen-bond donors (Lipinski definition) is 3. The number of para-hydroxylation sites is 2. The van der Waals surface area contributed by atoms with Crippen LogP contribution in [0.1, 0.15) is 31.0 Å². The van der Waals surface area contributed by atoms with E-state index in [4.69, 9.17) is 0 Å². The number of H-pyrrole nitrogens is 1. The van der Waals surface area contributed by atoms with E-state index in [1.165, 1.54) is 0 Å². The highest BCUT2D eigenvalue weighted by Gasteiger charge is 2.09. The SMILES string of the molecule is CCC(=O)NCc1cc(CNC(=O)CCn2c(=O)[nH]c3ccccc32)ccn1. The highest BCUT2D eigenvalue weighted by molar-refractivity contribution is 5.77. The number of amides is 2. The molecule has 0 aliphatic heterocycles. The molecule has 0 saturated heterocycles. The number of aryl methyl sites for hydroxylation is 1. The molecule has 0 bridgehead atoms. The predicted octanol–water partition coefficient (Wildman–Crippen LogP) is 1.46. The molecule has 0 fully saturated rings. The zero-order chi connectivity index (χ0) is 19.9. The second-order valence-corrected chi connectivity index (χ2v) is 6.41. The van der Waals surface area contributed by atoms with Crippen LogP contribution in [0.4, 0.5) is 0 Å². The Hall–Kier alpha value is -3.42. The van der Waals surface area contributed by atoms with Crippen molar-refractivity contribution >= 4 is 22.8 Å². The van der Waals surface area contributed by atoms with Crippen molar-refractivity contribution in [1.82, 2.24) is 25.2 Å². The molecular weight excluding hydrogens is 358 g/mol. The van der Waals surface area contributed by atoms with Crippen molar-refractivity contribution in [3.8, 4) is 0 Å². The molecule has 2 heterocycles. The van der Waals surface area contributed by atoms with Gasteiger partial charge in [-0.05, 0) is 29.8 Å². The van der Waals surface area contributed by atoms with Gasteiger partial charge in [0.15, 0.2) is 0 Å². The van der Waals surface area contributed by atoms with Gasteiger partial charge in [-0.15, -0.1) is 0 Å². The molecule has 0 aliphatic carbocycles. The molecule has 3 N–H and O–H groups in total. The standard InChI is InChI=1S/C20H23N5O3/c1-2-18(26)23-13-15-11-14(7-9-21-15)12-22-19(27)8-10-25-17-6-4-3-5-16(17)24-20(25)28/h3-7,9,11H,2,8,10,12-13H2,1H3,(H,22,27)(H,23,26)(H,24,28). The summed E-state index contributed by atoms with van der Waals surface area (Å²) in [6, 6.07) is 11.1. The third kappa shape index (κ3) is 4.85. The van der Waals surface area contributed by atoms with Crippen LogP contribution in [0.2, 0.25) is 0 Å². The van der Waals surface area contributed by atoms with Crippen molar-refractivity contribution in [1.29, 1.82) is 0 Å². The quantitative estimate of drug-likeness (QED) is 0.549. The molecule has 28 heavy (non-hydrogen) atoms. The Morgan fingerprint density at radius 2 is 1.89 bits per heavy atom. The number of fused-ring (bicyclic) bond motifs is 1. The Labute approximate surface area is 162 Å². The number of rotatable bonds is 8. The second-order valence-electron chi connectivity index (χ2n) is 6.41. The third-order valence-corrected chi connectivity index (χ3v) is 4.40. The fourth-order valence-electron chi connectivity index (χ4n) is 2.88. The van der Waals surface area contributed by atoms with Crippen LogP contribution in [0, 0.1) is 0 Å². The molecule has 2 amide bonds. The Morgan fingerprint density at radius 1 is 1.11 bits per heavy atom. The van der Waals surface area contributed by atoms with Crippen molar-refractivity contribution < 1.29 is 9.59 Å². The largest absolute Gasteiger partial charge is 0.352 e. The summed E-state index contributed by atoms with van der Waals surface area (Å²) in [5.74, 6) is -0.178. The fourth-order valence-corrected chi connectivity index (χ4v) is 2.88. The van der Waals surface area contributed by atoms with Gasteiger partial charge in [0.05, 0.1) is 23.3 Å². The lowest BCUT2D eigenvalue weighted by atomic mass is 10.2. The molecule has 0 unspecified atom stereocenters. The van der Waals surface area contributed by atoms with Gasteiger partial charge in [0.25, 0.3) is 0 Å². The van der Waals surface area contributed by atoms with Gasteiger partial charge in [0, 0.05) is 32.1 Å². The first-order valence-corrected chi connectivity index (χ1v) is 9.21. The number of imidazole rings is 1. The summed E-state index contributed by atoms with van der Waals surface area (Å²) < 4.78 is 1.57. The van der Waals surface area contributed by atoms with Crippen LogP contribution in [-0.4, -0.2) is 26.3 Å². The molecule has 3 rings (SSSR count). The number of hydrogen-bond acceptors (Lipinski definition) is 4. The minimum Gasteiger partial charge on any atom is -0.352 e. The van der Waals surface area contributed by atoms with Gasteiger partial charge < -0.3 is 15.6 Å². The smallest absolute Gasteiger partial charge is 0.326 e. The number of carbonyl (C=O) groups is 2. The van der Waals surface area contributed by atoms with E-state index < -0.39 is 0 Å². The molecular formula is C20H23N5O3. The third-order valence-electron chi connectivity index (χ3n) is 4.40. The van der Waals surface area contributed by atoms with Crippen molar-refractivity contribution in [2.24, 2.45) is 0 Å². The maximum absolute atomic E-state index is 12.2. The van der Waals surface area contributed by atoms with E-state index in [0.717, 1.165) is 22.3 Å². The van der Waals surface area contributed by atoms with Crippen molar-refractivity contribution in [2.45, 2.75) is 39.4 Å². The monoisotopic (exact) mass is 381 g/mol. The zero-order valence-electron chi connectivity index (χ0n) is 15.7. The number of aromatic nitrogens is 3. The molecule has 8 nitrogen and oxygen atoms in total. The van der Waals surface area contributed by atoms with Crippen molar-refractivity contribution in [3.63, 3.8) is 0 Å². The van der Waals surface area contributed by atoms with Crippen LogP contribution < -0.4 is 16.3 Å². The molecule has 0 spiro atoms. The van der Waals surface area contributed by atoms with Gasteiger partial charge in [-0.1, -0.05) is 19.1 Å². The fraction of sp³-hybridized carbons (Fsp3) is 0.300. The van der Waals surface area contributed by atoms with E-state index >= 15 is 0 Å². The number of nitrogens with zero attached hydrogens (tertiary/aromatic N) is 2. The van der Waals surface area contributed by atoms with E-state index in [1.54, 1.807) is 17.7 Å². The Bertz CT molecular complexity index is 1040. The van der Waals surface area contributed by atoms with Crippen LogP contribution in [0.5, 0.6) is 0 Å². The van der Waals surface area contributed by atoms with Gasteiger partial charge >= 0.3 is 5.69 Å². The Balaban J connectivity index is 1.52. The van der Waals surface area contributed by atoms with Crippen LogP contribution in [0.25, 0.3) is 11.0 Å². The van der Waals surface area contributed by atoms with E-state index in [2.05, 4.69) is 20.6 Å². The summed E-state index contributed by atoms with van der Waals surface area (Å²) >= 11 is 0. The minimum absolute atomic E-state index is 0.0342. The predicted molar refractivity (Wildman–Crippen MR) is 105 cm³/mol. The lowest BCUT2D eigenvalue weighted by Crippen LogP contribution is -2.26. The van der Waals surface area contributed by atoms with Crippen LogP contribution >= 0.6 is 0 Å². The second kappa shape index (κ2) is 8.98. The van der Waals surface area contributed by atoms with Gasteiger partial charge in [0.1, 0.15) is 0 Å². The number of carbonyl (C=O) groups excluding carboxylic acids is 2. The minimum atomic E-state index is -0.220. The van der Waals surface area contributed by atoms with Crippen LogP contribution in [0.15, 0.2) is 47.4 Å². The van der Waals surface area contributed by atoms with Crippen LogP contribution in [-0.2, 0) is 29.2 Å². The molecule has 2 aromatic heterocycles. The van der Waals surface area contributed by atoms with Gasteiger partial charge in [-0.25, -0.2) is 4.79 Å². The summed E-state index contributed by atoms with van der Waals surface area (Å²) in [4.78, 5) is 42.6. The molecule has 0 atom stereocenters. The molecule has 146 valence electrons. The Morgan fingerprint density at radius 3 is 2.71 bits per heavy atom. The van der Waals surface area contributed by atoms with Crippen molar-refractivity contribution in [2.75, 3.05) is 0 Å². The lowest BCUT2D eigenvalue weighted by Gasteiger charge is -2.08. The normalized spacial score (nSPS) is 10.8. The van der Waals surface area contributed by atoms with E-state index in [9.17, 15) is 14.4 Å². The van der Waals surface area contributed by atoms with Crippen LogP contribution in [0.3, 0.4) is 0 Å². The average molecular weight is 381 g/mol. The maximum atomic E-state index is 12.2. The van der Waals surface area contributed by atoms with Crippen molar-refractivity contribution in [3.05, 3.63) is 64.3 Å². The molecule has 1 aromatic carbocycles. The van der Waals surface area contributed by atoms with Gasteiger partial charge in [0.2, 0.25) is 11.8 Å². The summed E-state index contributed by atoms with van der Waals surface area (Å²) in [6.07, 6.45) is 2.28. The number of nitrogens with one attached hydrogen (secondary N) is 3. The first-order chi connectivity index (χ1) is 13.6. The summed E-state index contributed by atoms with van der Waals surface area (Å²) in [5.41, 5.74) is 2.95. The van der Waals surface area contributed by atoms with E-state index in [0.29, 0.717) is 26.1 Å². The summed E-state index contributed by atoms with van der Waals surface area (Å²) in [6.45, 7) is 2.81. The molecule has 3 aromatic rings. The highest BCUT2D eigenvalue weighted by Crippen LogP contribution is 2.09. The highest BCUT2D eigenvalue weighted by atomic mass is 16.2. The molecule has 0 radical (unpaired) electrons. The lowest BCUT2D eigenvalue weighted by molar-refractivity contribution is -0.122. The maximum Gasteiger partial charge on any atom is 0.326 e.